The molecule has 0 aliphatic carbocycles. The Balaban J connectivity index is 2.26. The van der Waals surface area contributed by atoms with E-state index in [-0.39, 0.29) is 19.1 Å². The summed E-state index contributed by atoms with van der Waals surface area (Å²) in [5, 5.41) is 40.8. The smallest absolute Gasteiger partial charge is 0.102 e. The van der Waals surface area contributed by atoms with Crippen LogP contribution in [0.3, 0.4) is 0 Å². The van der Waals surface area contributed by atoms with Gasteiger partial charge in [-0.2, -0.15) is 0 Å². The van der Waals surface area contributed by atoms with E-state index in [0.717, 1.165) is 0 Å². The number of hydrogen-bond donors (Lipinski definition) is 5. The van der Waals surface area contributed by atoms with E-state index in [1.165, 1.54) is 0 Å². The Morgan fingerprint density at radius 2 is 2.00 bits per heavy atom. The third-order valence-electron chi connectivity index (χ3n) is 3.18. The Kier molecular flexibility index (Phi) is 2.08. The predicted molar refractivity (Wildman–Crippen MR) is 44.0 cm³/mol. The molecule has 0 unspecified atom stereocenters. The Morgan fingerprint density at radius 3 is 2.62 bits per heavy atom. The molecule has 2 fully saturated rings. The Bertz CT molecular complexity index is 208. The highest BCUT2D eigenvalue weighted by Crippen LogP contribution is 2.35. The Hall–Kier alpha value is -0.200. The highest BCUT2D eigenvalue weighted by molar-refractivity contribution is 5.13. The van der Waals surface area contributed by atoms with Crippen LogP contribution < -0.4 is 5.32 Å². The molecule has 0 radical (unpaired) electrons. The van der Waals surface area contributed by atoms with E-state index in [2.05, 4.69) is 5.32 Å². The molecule has 0 aromatic rings. The van der Waals surface area contributed by atoms with Crippen molar-refractivity contribution in [1.82, 2.24) is 5.32 Å². The molecule has 0 aromatic heterocycles. The van der Waals surface area contributed by atoms with Crippen LogP contribution in [0.4, 0.5) is 0 Å². The van der Waals surface area contributed by atoms with Gasteiger partial charge in [0.05, 0.1) is 24.4 Å². The lowest BCUT2D eigenvalue weighted by molar-refractivity contribution is -0.0211. The molecule has 76 valence electrons. The molecule has 0 aromatic carbocycles. The van der Waals surface area contributed by atoms with Gasteiger partial charge in [-0.05, 0) is 12.8 Å². The molecule has 5 N–H and O–H groups in total. The van der Waals surface area contributed by atoms with Crippen LogP contribution in [0.5, 0.6) is 0 Å². The van der Waals surface area contributed by atoms with Gasteiger partial charge in [-0.1, -0.05) is 0 Å². The van der Waals surface area contributed by atoms with E-state index in [9.17, 15) is 15.3 Å². The van der Waals surface area contributed by atoms with Gasteiger partial charge in [0.1, 0.15) is 6.10 Å². The summed E-state index contributed by atoms with van der Waals surface area (Å²) in [6, 6.07) is -0.300. The van der Waals surface area contributed by atoms with Crippen molar-refractivity contribution < 1.29 is 20.4 Å². The van der Waals surface area contributed by atoms with Gasteiger partial charge in [-0.15, -0.1) is 0 Å². The lowest BCUT2D eigenvalue weighted by Gasteiger charge is -2.36. The Labute approximate surface area is 76.0 Å². The van der Waals surface area contributed by atoms with Crippen molar-refractivity contribution in [2.24, 2.45) is 0 Å². The lowest BCUT2D eigenvalue weighted by atomic mass is 9.88. The third-order valence-corrected chi connectivity index (χ3v) is 3.18. The van der Waals surface area contributed by atoms with Crippen molar-refractivity contribution >= 4 is 0 Å². The van der Waals surface area contributed by atoms with Crippen LogP contribution in [-0.4, -0.2) is 56.9 Å². The molecule has 2 bridgehead atoms. The van der Waals surface area contributed by atoms with Gasteiger partial charge < -0.3 is 25.7 Å². The molecule has 2 aliphatic rings. The average Bonchev–Trinajstić information content (AvgIpc) is 2.29. The Morgan fingerprint density at radius 1 is 1.31 bits per heavy atom. The fraction of sp³-hybridized carbons (Fsp3) is 1.00. The van der Waals surface area contributed by atoms with Gasteiger partial charge in [0.2, 0.25) is 0 Å². The molecular formula is C8H15NO4. The van der Waals surface area contributed by atoms with Crippen LogP contribution in [0.2, 0.25) is 0 Å². The number of aliphatic hydroxyl groups excluding tert-OH is 4. The van der Waals surface area contributed by atoms with E-state index in [1.807, 2.05) is 0 Å². The van der Waals surface area contributed by atoms with E-state index in [1.54, 1.807) is 0 Å². The second-order valence-electron chi connectivity index (χ2n) is 4.09. The standard InChI is InChI=1S/C8H15NO4/c10-3-8-2-4(11)1-5(9-8)6(12)7(8)13/h4-7,9-13H,1-3H2/t4-,5+,6+,7+,8+/m1/s1. The molecule has 0 amide bonds. The maximum atomic E-state index is 9.65. The highest BCUT2D eigenvalue weighted by atomic mass is 16.3. The number of fused-ring (bicyclic) bond motifs is 2. The number of aliphatic hydroxyl groups is 4. The van der Waals surface area contributed by atoms with Crippen LogP contribution in [0, 0.1) is 0 Å². The minimum Gasteiger partial charge on any atom is -0.394 e. The summed E-state index contributed by atoms with van der Waals surface area (Å²) in [6.07, 6.45) is -1.70. The van der Waals surface area contributed by atoms with Crippen LogP contribution in [0.25, 0.3) is 0 Å². The molecular weight excluding hydrogens is 174 g/mol. The number of hydrogen-bond acceptors (Lipinski definition) is 5. The first-order valence-electron chi connectivity index (χ1n) is 4.52. The maximum absolute atomic E-state index is 9.65. The van der Waals surface area contributed by atoms with Crippen LogP contribution in [0.1, 0.15) is 12.8 Å². The largest absolute Gasteiger partial charge is 0.394 e. The highest BCUT2D eigenvalue weighted by Gasteiger charge is 2.56. The second-order valence-corrected chi connectivity index (χ2v) is 4.09. The van der Waals surface area contributed by atoms with E-state index in [0.29, 0.717) is 6.42 Å². The maximum Gasteiger partial charge on any atom is 0.102 e. The number of piperidine rings is 1. The predicted octanol–water partition coefficient (Wildman–Crippen LogP) is -2.43. The van der Waals surface area contributed by atoms with Crippen molar-refractivity contribution in [2.75, 3.05) is 6.61 Å². The van der Waals surface area contributed by atoms with Crippen molar-refractivity contribution in [3.8, 4) is 0 Å². The van der Waals surface area contributed by atoms with Crippen LogP contribution in [-0.2, 0) is 0 Å². The molecule has 5 heteroatoms. The molecule has 2 rings (SSSR count). The first-order chi connectivity index (χ1) is 6.09. The van der Waals surface area contributed by atoms with Crippen molar-refractivity contribution in [2.45, 2.75) is 42.7 Å². The fourth-order valence-corrected chi connectivity index (χ4v) is 2.47. The summed E-state index contributed by atoms with van der Waals surface area (Å²) in [5.74, 6) is 0. The number of rotatable bonds is 1. The van der Waals surface area contributed by atoms with Gasteiger partial charge in [0, 0.05) is 6.04 Å². The second kappa shape index (κ2) is 2.90. The molecule has 0 spiro atoms. The van der Waals surface area contributed by atoms with E-state index in [4.69, 9.17) is 5.11 Å². The van der Waals surface area contributed by atoms with Gasteiger partial charge in [-0.3, -0.25) is 0 Å². The molecule has 2 aliphatic heterocycles. The van der Waals surface area contributed by atoms with Crippen molar-refractivity contribution in [3.05, 3.63) is 0 Å². The van der Waals surface area contributed by atoms with Crippen molar-refractivity contribution in [3.63, 3.8) is 0 Å². The topological polar surface area (TPSA) is 93.0 Å². The summed E-state index contributed by atoms with van der Waals surface area (Å²) >= 11 is 0. The van der Waals surface area contributed by atoms with Gasteiger partial charge in [0.15, 0.2) is 0 Å². The molecule has 13 heavy (non-hydrogen) atoms. The zero-order chi connectivity index (χ0) is 9.64. The summed E-state index contributed by atoms with van der Waals surface area (Å²) in [4.78, 5) is 0. The monoisotopic (exact) mass is 189 g/mol. The van der Waals surface area contributed by atoms with Gasteiger partial charge in [0.25, 0.3) is 0 Å². The average molecular weight is 189 g/mol. The molecule has 5 nitrogen and oxygen atoms in total. The van der Waals surface area contributed by atoms with Crippen LogP contribution in [0.15, 0.2) is 0 Å². The van der Waals surface area contributed by atoms with E-state index >= 15 is 0 Å². The summed E-state index contributed by atoms with van der Waals surface area (Å²) in [5.41, 5.74) is -0.901. The summed E-state index contributed by atoms with van der Waals surface area (Å²) in [7, 11) is 0. The molecule has 2 heterocycles. The number of nitrogens with one attached hydrogen (secondary N) is 1. The minimum absolute atomic E-state index is 0.265. The summed E-state index contributed by atoms with van der Waals surface area (Å²) < 4.78 is 0. The van der Waals surface area contributed by atoms with Crippen LogP contribution >= 0.6 is 0 Å². The zero-order valence-electron chi connectivity index (χ0n) is 7.22. The molecule has 0 saturated carbocycles. The van der Waals surface area contributed by atoms with Gasteiger partial charge in [-0.25, -0.2) is 0 Å². The molecule has 2 saturated heterocycles. The SMILES string of the molecule is OC[C@]12C[C@H](O)C[C@H](N1)[C@H](O)[C@@H]2O. The van der Waals surface area contributed by atoms with E-state index < -0.39 is 23.9 Å². The third kappa shape index (κ3) is 1.19. The zero-order valence-corrected chi connectivity index (χ0v) is 7.22. The first kappa shape index (κ1) is 9.36. The lowest BCUT2D eigenvalue weighted by Crippen LogP contribution is -2.57. The first-order valence-corrected chi connectivity index (χ1v) is 4.52. The minimum atomic E-state index is -0.986. The van der Waals surface area contributed by atoms with Crippen molar-refractivity contribution in [1.29, 1.82) is 0 Å². The normalized spacial score (nSPS) is 55.4. The fourth-order valence-electron chi connectivity index (χ4n) is 2.47. The quantitative estimate of drug-likeness (QED) is 0.316. The molecule has 5 atom stereocenters. The van der Waals surface area contributed by atoms with Gasteiger partial charge >= 0.3 is 0 Å². The summed E-state index contributed by atoms with van der Waals surface area (Å²) in [6.45, 7) is -0.265.